The average molecular weight is 207 g/mol. The summed E-state index contributed by atoms with van der Waals surface area (Å²) in [5.74, 6) is 1.22. The lowest BCUT2D eigenvalue weighted by atomic mass is 10.2. The van der Waals surface area contributed by atoms with Crippen molar-refractivity contribution in [2.75, 3.05) is 6.54 Å². The Morgan fingerprint density at radius 1 is 1.60 bits per heavy atom. The molecule has 0 aromatic carbocycles. The SMILES string of the molecule is CC(CN)c1noc(-c2ccnn2C)n1. The van der Waals surface area contributed by atoms with E-state index >= 15 is 0 Å². The zero-order valence-corrected chi connectivity index (χ0v) is 8.71. The molecular weight excluding hydrogens is 194 g/mol. The minimum Gasteiger partial charge on any atom is -0.332 e. The molecule has 0 aliphatic carbocycles. The van der Waals surface area contributed by atoms with Crippen LogP contribution in [0.4, 0.5) is 0 Å². The molecule has 0 spiro atoms. The van der Waals surface area contributed by atoms with Gasteiger partial charge in [-0.25, -0.2) is 0 Å². The molecule has 2 N–H and O–H groups in total. The highest BCUT2D eigenvalue weighted by Gasteiger charge is 2.15. The Kier molecular flexibility index (Phi) is 2.51. The van der Waals surface area contributed by atoms with E-state index in [-0.39, 0.29) is 5.92 Å². The summed E-state index contributed by atoms with van der Waals surface area (Å²) in [7, 11) is 1.82. The van der Waals surface area contributed by atoms with Gasteiger partial charge >= 0.3 is 0 Å². The van der Waals surface area contributed by atoms with E-state index in [1.54, 1.807) is 10.9 Å². The third-order valence-electron chi connectivity index (χ3n) is 2.28. The van der Waals surface area contributed by atoms with E-state index in [1.807, 2.05) is 20.0 Å². The first-order valence-corrected chi connectivity index (χ1v) is 4.74. The zero-order chi connectivity index (χ0) is 10.8. The molecule has 0 amide bonds. The Balaban J connectivity index is 2.32. The van der Waals surface area contributed by atoms with Crippen LogP contribution in [0, 0.1) is 0 Å². The minimum absolute atomic E-state index is 0.107. The zero-order valence-electron chi connectivity index (χ0n) is 8.71. The molecule has 0 aliphatic rings. The predicted octanol–water partition coefficient (Wildman–Crippen LogP) is 0.532. The fourth-order valence-electron chi connectivity index (χ4n) is 1.23. The smallest absolute Gasteiger partial charge is 0.276 e. The molecule has 2 aromatic heterocycles. The summed E-state index contributed by atoms with van der Waals surface area (Å²) in [5, 5.41) is 7.91. The highest BCUT2D eigenvalue weighted by atomic mass is 16.5. The minimum atomic E-state index is 0.107. The summed E-state index contributed by atoms with van der Waals surface area (Å²) < 4.78 is 6.82. The number of rotatable bonds is 3. The van der Waals surface area contributed by atoms with E-state index in [0.29, 0.717) is 18.3 Å². The molecule has 80 valence electrons. The predicted molar refractivity (Wildman–Crippen MR) is 54.0 cm³/mol. The van der Waals surface area contributed by atoms with E-state index in [4.69, 9.17) is 10.3 Å². The average Bonchev–Trinajstić information content (AvgIpc) is 2.84. The maximum atomic E-state index is 5.52. The molecule has 0 saturated carbocycles. The van der Waals surface area contributed by atoms with E-state index in [2.05, 4.69) is 15.2 Å². The molecule has 15 heavy (non-hydrogen) atoms. The fourth-order valence-corrected chi connectivity index (χ4v) is 1.23. The molecule has 0 aliphatic heterocycles. The van der Waals surface area contributed by atoms with Crippen molar-refractivity contribution in [2.24, 2.45) is 12.8 Å². The Bertz CT molecular complexity index is 447. The summed E-state index contributed by atoms with van der Waals surface area (Å²) >= 11 is 0. The number of hydrogen-bond donors (Lipinski definition) is 1. The van der Waals surface area contributed by atoms with E-state index < -0.39 is 0 Å². The van der Waals surface area contributed by atoms with Gasteiger partial charge in [-0.3, -0.25) is 4.68 Å². The lowest BCUT2D eigenvalue weighted by Gasteiger charge is -1.98. The van der Waals surface area contributed by atoms with Gasteiger partial charge in [-0.1, -0.05) is 12.1 Å². The summed E-state index contributed by atoms with van der Waals surface area (Å²) in [4.78, 5) is 4.27. The van der Waals surface area contributed by atoms with E-state index in [1.165, 1.54) is 0 Å². The lowest BCUT2D eigenvalue weighted by Crippen LogP contribution is -2.10. The third-order valence-corrected chi connectivity index (χ3v) is 2.28. The van der Waals surface area contributed by atoms with Gasteiger partial charge < -0.3 is 10.3 Å². The maximum absolute atomic E-state index is 5.52. The van der Waals surface area contributed by atoms with Gasteiger partial charge in [-0.15, -0.1) is 0 Å². The topological polar surface area (TPSA) is 82.8 Å². The van der Waals surface area contributed by atoms with Crippen LogP contribution in [0.25, 0.3) is 11.6 Å². The van der Waals surface area contributed by atoms with Crippen molar-refractivity contribution in [3.05, 3.63) is 18.1 Å². The highest BCUT2D eigenvalue weighted by molar-refractivity contribution is 5.45. The van der Waals surface area contributed by atoms with Gasteiger partial charge in [-0.05, 0) is 6.07 Å². The Labute approximate surface area is 87.1 Å². The van der Waals surface area contributed by atoms with Crippen LogP contribution in [0.1, 0.15) is 18.7 Å². The quantitative estimate of drug-likeness (QED) is 0.793. The molecule has 6 nitrogen and oxygen atoms in total. The van der Waals surface area contributed by atoms with Crippen molar-refractivity contribution in [3.8, 4) is 11.6 Å². The standard InChI is InChI=1S/C9H13N5O/c1-6(5-10)8-12-9(15-13-8)7-3-4-11-14(7)2/h3-4,6H,5,10H2,1-2H3. The Hall–Kier alpha value is -1.69. The van der Waals surface area contributed by atoms with Crippen LogP contribution in [0.3, 0.4) is 0 Å². The van der Waals surface area contributed by atoms with Gasteiger partial charge in [-0.2, -0.15) is 10.1 Å². The second kappa shape index (κ2) is 3.82. The molecule has 2 aromatic rings. The first kappa shape index (κ1) is 9.85. The van der Waals surface area contributed by atoms with Gasteiger partial charge in [0.2, 0.25) is 0 Å². The third kappa shape index (κ3) is 1.75. The van der Waals surface area contributed by atoms with Crippen molar-refractivity contribution in [1.82, 2.24) is 19.9 Å². The molecule has 1 atom stereocenters. The molecule has 2 heterocycles. The van der Waals surface area contributed by atoms with Crippen LogP contribution in [0.5, 0.6) is 0 Å². The van der Waals surface area contributed by atoms with Crippen LogP contribution >= 0.6 is 0 Å². The van der Waals surface area contributed by atoms with Crippen LogP contribution in [0.15, 0.2) is 16.8 Å². The first-order chi connectivity index (χ1) is 7.22. The van der Waals surface area contributed by atoms with Crippen LogP contribution < -0.4 is 5.73 Å². The van der Waals surface area contributed by atoms with Gasteiger partial charge in [0.1, 0.15) is 5.69 Å². The highest BCUT2D eigenvalue weighted by Crippen LogP contribution is 2.18. The maximum Gasteiger partial charge on any atom is 0.276 e. The number of aryl methyl sites for hydroxylation is 1. The normalized spacial score (nSPS) is 13.0. The Morgan fingerprint density at radius 2 is 2.40 bits per heavy atom. The van der Waals surface area contributed by atoms with E-state index in [0.717, 1.165) is 5.69 Å². The summed E-state index contributed by atoms with van der Waals surface area (Å²) in [6.45, 7) is 2.46. The van der Waals surface area contributed by atoms with Crippen molar-refractivity contribution in [1.29, 1.82) is 0 Å². The molecule has 0 fully saturated rings. The Morgan fingerprint density at radius 3 is 3.00 bits per heavy atom. The summed E-state index contributed by atoms with van der Waals surface area (Å²) in [6, 6.07) is 1.82. The molecule has 6 heteroatoms. The molecule has 2 rings (SSSR count). The van der Waals surface area contributed by atoms with Crippen molar-refractivity contribution < 1.29 is 4.52 Å². The number of aromatic nitrogens is 4. The van der Waals surface area contributed by atoms with E-state index in [9.17, 15) is 0 Å². The lowest BCUT2D eigenvalue weighted by molar-refractivity contribution is 0.415. The summed E-state index contributed by atoms with van der Waals surface area (Å²) in [6.07, 6.45) is 1.69. The van der Waals surface area contributed by atoms with Crippen LogP contribution in [-0.4, -0.2) is 26.5 Å². The number of hydrogen-bond acceptors (Lipinski definition) is 5. The van der Waals surface area contributed by atoms with Gasteiger partial charge in [0.25, 0.3) is 5.89 Å². The van der Waals surface area contributed by atoms with Gasteiger partial charge in [0.05, 0.1) is 0 Å². The second-order valence-electron chi connectivity index (χ2n) is 3.43. The summed E-state index contributed by atoms with van der Waals surface area (Å²) in [5.41, 5.74) is 6.33. The second-order valence-corrected chi connectivity index (χ2v) is 3.43. The fraction of sp³-hybridized carbons (Fsp3) is 0.444. The molecule has 0 saturated heterocycles. The monoisotopic (exact) mass is 207 g/mol. The van der Waals surface area contributed by atoms with Crippen molar-refractivity contribution in [2.45, 2.75) is 12.8 Å². The molecule has 0 bridgehead atoms. The largest absolute Gasteiger partial charge is 0.332 e. The first-order valence-electron chi connectivity index (χ1n) is 4.74. The number of nitrogens with two attached hydrogens (primary N) is 1. The number of nitrogens with zero attached hydrogens (tertiary/aromatic N) is 4. The van der Waals surface area contributed by atoms with Gasteiger partial charge in [0.15, 0.2) is 5.82 Å². The van der Waals surface area contributed by atoms with Gasteiger partial charge in [0, 0.05) is 25.7 Å². The molecule has 1 unspecified atom stereocenters. The van der Waals surface area contributed by atoms with Crippen LogP contribution in [-0.2, 0) is 7.05 Å². The van der Waals surface area contributed by atoms with Crippen molar-refractivity contribution >= 4 is 0 Å². The van der Waals surface area contributed by atoms with Crippen molar-refractivity contribution in [3.63, 3.8) is 0 Å². The van der Waals surface area contributed by atoms with Crippen LogP contribution in [0.2, 0.25) is 0 Å². The molecular formula is C9H13N5O. The molecule has 0 radical (unpaired) electrons.